The number of rotatable bonds is 7. The van der Waals surface area contributed by atoms with Crippen LogP contribution in [0.2, 0.25) is 0 Å². The summed E-state index contributed by atoms with van der Waals surface area (Å²) in [6.45, 7) is 2.80. The van der Waals surface area contributed by atoms with Crippen molar-refractivity contribution in [3.8, 4) is 5.75 Å². The summed E-state index contributed by atoms with van der Waals surface area (Å²) in [4.78, 5) is 12.9. The molecule has 2 aromatic carbocycles. The fraction of sp³-hybridized carbons (Fsp3) is 0.400. The summed E-state index contributed by atoms with van der Waals surface area (Å²) in [6.07, 6.45) is 5.80. The molecular weight excluding hydrogens is 364 g/mol. The Morgan fingerprint density at radius 3 is 2.55 bits per heavy atom. The molecule has 1 heterocycles. The van der Waals surface area contributed by atoms with Crippen LogP contribution in [-0.4, -0.2) is 24.6 Å². The summed E-state index contributed by atoms with van der Waals surface area (Å²) in [5.74, 6) is 0.878. The Kier molecular flexibility index (Phi) is 6.30. The van der Waals surface area contributed by atoms with Crippen molar-refractivity contribution in [3.63, 3.8) is 0 Å². The molecule has 2 aliphatic rings. The second kappa shape index (κ2) is 9.27. The van der Waals surface area contributed by atoms with Gasteiger partial charge in [0.2, 0.25) is 11.5 Å². The van der Waals surface area contributed by atoms with Gasteiger partial charge in [0, 0.05) is 6.42 Å². The molecule has 2 aromatic rings. The minimum atomic E-state index is -0.140. The molecule has 0 aromatic heterocycles. The van der Waals surface area contributed by atoms with Crippen molar-refractivity contribution in [3.05, 3.63) is 77.7 Å². The van der Waals surface area contributed by atoms with E-state index in [0.29, 0.717) is 18.1 Å². The number of hydrogen-bond acceptors (Lipinski definition) is 4. The first kappa shape index (κ1) is 19.7. The summed E-state index contributed by atoms with van der Waals surface area (Å²) >= 11 is 0. The number of ether oxygens (including phenoxy) is 3. The van der Waals surface area contributed by atoms with Crippen LogP contribution in [0.3, 0.4) is 0 Å². The van der Waals surface area contributed by atoms with Gasteiger partial charge in [0.25, 0.3) is 0 Å². The standard InChI is InChI=1S/C25H28O4/c1-2-18-8-10-20(11-9-18)29-24-17-28-23-16-21(12-13-22(23)25(24)26)27-15-14-19-6-4-3-5-7-19/h3-11,17,21-23H,2,12-16H2,1H3. The minimum absolute atomic E-state index is 0.0450. The molecular formula is C25H28O4. The van der Waals surface area contributed by atoms with E-state index in [1.165, 1.54) is 17.4 Å². The summed E-state index contributed by atoms with van der Waals surface area (Å²) in [7, 11) is 0. The van der Waals surface area contributed by atoms with E-state index in [2.05, 4.69) is 19.1 Å². The number of allylic oxidation sites excluding steroid dienone is 1. The maximum Gasteiger partial charge on any atom is 0.207 e. The fourth-order valence-corrected chi connectivity index (χ4v) is 4.07. The smallest absolute Gasteiger partial charge is 0.207 e. The molecule has 4 nitrogen and oxygen atoms in total. The van der Waals surface area contributed by atoms with Gasteiger partial charge in [0.1, 0.15) is 18.1 Å². The van der Waals surface area contributed by atoms with Crippen molar-refractivity contribution < 1.29 is 19.0 Å². The highest BCUT2D eigenvalue weighted by molar-refractivity contribution is 5.96. The lowest BCUT2D eigenvalue weighted by atomic mass is 9.80. The summed E-state index contributed by atoms with van der Waals surface area (Å²) in [5, 5.41) is 0. The first-order valence-electron chi connectivity index (χ1n) is 10.5. The van der Waals surface area contributed by atoms with Crippen molar-refractivity contribution >= 4 is 5.78 Å². The second-order valence-electron chi connectivity index (χ2n) is 7.77. The highest BCUT2D eigenvalue weighted by atomic mass is 16.5. The zero-order chi connectivity index (χ0) is 20.1. The average Bonchev–Trinajstić information content (AvgIpc) is 2.77. The monoisotopic (exact) mass is 392 g/mol. The summed E-state index contributed by atoms with van der Waals surface area (Å²) in [5.41, 5.74) is 2.52. The number of aryl methyl sites for hydroxylation is 1. The van der Waals surface area contributed by atoms with Crippen LogP contribution in [0.25, 0.3) is 0 Å². The van der Waals surface area contributed by atoms with Gasteiger partial charge in [0.15, 0.2) is 0 Å². The minimum Gasteiger partial charge on any atom is -0.493 e. The topological polar surface area (TPSA) is 44.8 Å². The molecule has 3 unspecified atom stereocenters. The number of hydrogen-bond donors (Lipinski definition) is 0. The van der Waals surface area contributed by atoms with Crippen LogP contribution in [-0.2, 0) is 27.1 Å². The van der Waals surface area contributed by atoms with E-state index >= 15 is 0 Å². The van der Waals surface area contributed by atoms with Crippen LogP contribution in [0.15, 0.2) is 66.6 Å². The van der Waals surface area contributed by atoms with E-state index in [0.717, 1.165) is 32.1 Å². The van der Waals surface area contributed by atoms with Gasteiger partial charge in [-0.25, -0.2) is 0 Å². The molecule has 3 atom stereocenters. The molecule has 0 bridgehead atoms. The van der Waals surface area contributed by atoms with Crippen LogP contribution in [0.5, 0.6) is 5.75 Å². The van der Waals surface area contributed by atoms with Gasteiger partial charge in [-0.3, -0.25) is 4.79 Å². The Morgan fingerprint density at radius 2 is 1.79 bits per heavy atom. The molecule has 152 valence electrons. The second-order valence-corrected chi connectivity index (χ2v) is 7.77. The van der Waals surface area contributed by atoms with Gasteiger partial charge in [-0.05, 0) is 48.9 Å². The Labute approximate surface area is 172 Å². The Bertz CT molecular complexity index is 841. The van der Waals surface area contributed by atoms with Gasteiger partial charge in [-0.2, -0.15) is 0 Å². The first-order chi connectivity index (χ1) is 14.2. The van der Waals surface area contributed by atoms with Gasteiger partial charge in [-0.15, -0.1) is 0 Å². The maximum atomic E-state index is 12.9. The lowest BCUT2D eigenvalue weighted by Gasteiger charge is -2.37. The molecule has 1 saturated carbocycles. The number of benzene rings is 2. The largest absolute Gasteiger partial charge is 0.493 e. The Hall–Kier alpha value is -2.59. The number of carbonyl (C=O) groups excluding carboxylic acids is 1. The third kappa shape index (κ3) is 4.88. The fourth-order valence-electron chi connectivity index (χ4n) is 4.07. The highest BCUT2D eigenvalue weighted by Crippen LogP contribution is 2.35. The van der Waals surface area contributed by atoms with E-state index in [1.807, 2.05) is 42.5 Å². The number of fused-ring (bicyclic) bond motifs is 1. The van der Waals surface area contributed by atoms with Crippen molar-refractivity contribution in [2.45, 2.75) is 51.2 Å². The zero-order valence-electron chi connectivity index (χ0n) is 16.9. The van der Waals surface area contributed by atoms with Crippen molar-refractivity contribution in [1.29, 1.82) is 0 Å². The molecule has 29 heavy (non-hydrogen) atoms. The maximum absolute atomic E-state index is 12.9. The molecule has 1 aliphatic heterocycles. The van der Waals surface area contributed by atoms with Crippen molar-refractivity contribution in [2.75, 3.05) is 6.61 Å². The van der Waals surface area contributed by atoms with Gasteiger partial charge >= 0.3 is 0 Å². The number of Topliss-reactive ketones (excluding diaryl/α,β-unsaturated/α-hetero) is 1. The summed E-state index contributed by atoms with van der Waals surface area (Å²) < 4.78 is 17.8. The molecule has 4 rings (SSSR count). The number of carbonyl (C=O) groups is 1. The predicted octanol–water partition coefficient (Wildman–Crippen LogP) is 4.87. The lowest BCUT2D eigenvalue weighted by Crippen LogP contribution is -2.42. The van der Waals surface area contributed by atoms with Crippen molar-refractivity contribution in [1.82, 2.24) is 0 Å². The lowest BCUT2D eigenvalue weighted by molar-refractivity contribution is -0.133. The number of ketones is 1. The van der Waals surface area contributed by atoms with Gasteiger partial charge < -0.3 is 14.2 Å². The molecule has 0 saturated heterocycles. The van der Waals surface area contributed by atoms with Gasteiger partial charge in [-0.1, -0.05) is 49.4 Å². The van der Waals surface area contributed by atoms with E-state index in [9.17, 15) is 4.79 Å². The van der Waals surface area contributed by atoms with Crippen LogP contribution in [0, 0.1) is 5.92 Å². The van der Waals surface area contributed by atoms with Crippen LogP contribution >= 0.6 is 0 Å². The predicted molar refractivity (Wildman–Crippen MR) is 112 cm³/mol. The molecule has 0 radical (unpaired) electrons. The molecule has 0 amide bonds. The van der Waals surface area contributed by atoms with Crippen LogP contribution in [0.4, 0.5) is 0 Å². The van der Waals surface area contributed by atoms with Gasteiger partial charge in [0.05, 0.1) is 18.6 Å². The molecule has 0 spiro atoms. The molecule has 1 aliphatic carbocycles. The highest BCUT2D eigenvalue weighted by Gasteiger charge is 2.41. The molecule has 4 heteroatoms. The first-order valence-corrected chi connectivity index (χ1v) is 10.5. The SMILES string of the molecule is CCc1ccc(OC2=COC3CC(OCCc4ccccc4)CCC3C2=O)cc1. The van der Waals surface area contributed by atoms with Crippen LogP contribution in [0.1, 0.15) is 37.3 Å². The van der Waals surface area contributed by atoms with Crippen LogP contribution < -0.4 is 4.74 Å². The van der Waals surface area contributed by atoms with Crippen molar-refractivity contribution in [2.24, 2.45) is 5.92 Å². The average molecular weight is 392 g/mol. The Morgan fingerprint density at radius 1 is 1.00 bits per heavy atom. The van der Waals surface area contributed by atoms with E-state index in [1.54, 1.807) is 0 Å². The van der Waals surface area contributed by atoms with E-state index < -0.39 is 0 Å². The third-order valence-electron chi connectivity index (χ3n) is 5.82. The quantitative estimate of drug-likeness (QED) is 0.675. The third-order valence-corrected chi connectivity index (χ3v) is 5.82. The van der Waals surface area contributed by atoms with E-state index in [4.69, 9.17) is 14.2 Å². The zero-order valence-corrected chi connectivity index (χ0v) is 16.9. The van der Waals surface area contributed by atoms with E-state index in [-0.39, 0.29) is 23.9 Å². The molecule has 0 N–H and O–H groups in total. The summed E-state index contributed by atoms with van der Waals surface area (Å²) in [6, 6.07) is 18.2. The normalized spacial score (nSPS) is 23.7. The molecule has 1 fully saturated rings. The Balaban J connectivity index is 1.30.